The van der Waals surface area contributed by atoms with E-state index < -0.39 is 24.0 Å². The highest BCUT2D eigenvalue weighted by Gasteiger charge is 2.57. The molecule has 2 aromatic carbocycles. The van der Waals surface area contributed by atoms with E-state index in [1.807, 2.05) is 66.7 Å². The van der Waals surface area contributed by atoms with Crippen LogP contribution in [0, 0.1) is 11.3 Å². The second-order valence-electron chi connectivity index (χ2n) is 10.1. The standard InChI is InChI=1S/C28H31N3O6/c32-25(29-35)23-17-28(13-14-28)19-31(37-27(34)36-18-20-7-3-1-4-8-20)24(23)26(33)30-15-11-22(12-16-30)21-9-5-2-6-10-21/h1-11,23-24,35H,12-19H2,(H,29,32). The number of hydrogen-bond donors (Lipinski definition) is 2. The number of nitrogens with one attached hydrogen (secondary N) is 1. The first-order valence-corrected chi connectivity index (χ1v) is 12.6. The molecule has 2 fully saturated rings. The predicted molar refractivity (Wildman–Crippen MR) is 134 cm³/mol. The van der Waals surface area contributed by atoms with Crippen LogP contribution in [0.15, 0.2) is 66.7 Å². The molecule has 2 N–H and O–H groups in total. The molecule has 9 nitrogen and oxygen atoms in total. The second kappa shape index (κ2) is 10.7. The molecule has 1 aliphatic carbocycles. The quantitative estimate of drug-likeness (QED) is 0.351. The van der Waals surface area contributed by atoms with Crippen molar-refractivity contribution in [3.63, 3.8) is 0 Å². The first-order valence-electron chi connectivity index (χ1n) is 12.6. The fourth-order valence-electron chi connectivity index (χ4n) is 5.32. The zero-order valence-electron chi connectivity index (χ0n) is 20.5. The van der Waals surface area contributed by atoms with Crippen molar-refractivity contribution in [3.8, 4) is 0 Å². The number of carbonyl (C=O) groups is 3. The summed E-state index contributed by atoms with van der Waals surface area (Å²) in [5, 5.41) is 10.7. The Hall–Kier alpha value is -3.69. The molecule has 2 amide bonds. The Kier molecular flexibility index (Phi) is 7.25. The molecule has 0 radical (unpaired) electrons. The van der Waals surface area contributed by atoms with Gasteiger partial charge in [0, 0.05) is 19.6 Å². The molecule has 2 aromatic rings. The lowest BCUT2D eigenvalue weighted by molar-refractivity contribution is -0.205. The highest BCUT2D eigenvalue weighted by Crippen LogP contribution is 2.55. The van der Waals surface area contributed by atoms with Crippen molar-refractivity contribution in [2.75, 3.05) is 19.6 Å². The van der Waals surface area contributed by atoms with Crippen LogP contribution >= 0.6 is 0 Å². The predicted octanol–water partition coefficient (Wildman–Crippen LogP) is 3.55. The lowest BCUT2D eigenvalue weighted by Crippen LogP contribution is -2.61. The lowest BCUT2D eigenvalue weighted by Gasteiger charge is -2.43. The topological polar surface area (TPSA) is 108 Å². The molecule has 3 aliphatic rings. The van der Waals surface area contributed by atoms with Crippen molar-refractivity contribution >= 4 is 23.5 Å². The molecule has 9 heteroatoms. The van der Waals surface area contributed by atoms with Gasteiger partial charge in [0.15, 0.2) is 0 Å². The van der Waals surface area contributed by atoms with Crippen LogP contribution in [0.4, 0.5) is 4.79 Å². The number of benzene rings is 2. The Morgan fingerprint density at radius 3 is 2.35 bits per heavy atom. The van der Waals surface area contributed by atoms with Crippen molar-refractivity contribution in [2.24, 2.45) is 11.3 Å². The summed E-state index contributed by atoms with van der Waals surface area (Å²) >= 11 is 0. The van der Waals surface area contributed by atoms with Crippen LogP contribution in [0.5, 0.6) is 0 Å². The van der Waals surface area contributed by atoms with E-state index in [0.29, 0.717) is 32.5 Å². The zero-order valence-corrected chi connectivity index (χ0v) is 20.5. The molecule has 1 saturated heterocycles. The average molecular weight is 506 g/mol. The summed E-state index contributed by atoms with van der Waals surface area (Å²) in [5.74, 6) is -1.84. The molecule has 1 spiro atoms. The van der Waals surface area contributed by atoms with Crippen molar-refractivity contribution in [1.82, 2.24) is 15.4 Å². The Balaban J connectivity index is 1.32. The Morgan fingerprint density at radius 1 is 1.03 bits per heavy atom. The second-order valence-corrected chi connectivity index (χ2v) is 10.1. The first kappa shape index (κ1) is 25.0. The average Bonchev–Trinajstić information content (AvgIpc) is 3.70. The number of amides is 2. The monoisotopic (exact) mass is 505 g/mol. The highest BCUT2D eigenvalue weighted by molar-refractivity contribution is 5.90. The maximum absolute atomic E-state index is 13.8. The van der Waals surface area contributed by atoms with Gasteiger partial charge in [0.25, 0.3) is 0 Å². The Labute approximate surface area is 215 Å². The minimum absolute atomic E-state index is 0.0248. The molecule has 5 rings (SSSR count). The summed E-state index contributed by atoms with van der Waals surface area (Å²) in [5.41, 5.74) is 4.57. The molecule has 2 heterocycles. The van der Waals surface area contributed by atoms with E-state index in [-0.39, 0.29) is 17.9 Å². The maximum atomic E-state index is 13.8. The molecule has 2 atom stereocenters. The van der Waals surface area contributed by atoms with Crippen LogP contribution in [-0.2, 0) is 25.8 Å². The fourth-order valence-corrected chi connectivity index (χ4v) is 5.32. The SMILES string of the molecule is O=C(OCc1ccccc1)ON1CC2(CC2)CC(C(=O)NO)C1C(=O)N1CC=C(c2ccccc2)CC1. The van der Waals surface area contributed by atoms with Gasteiger partial charge in [-0.05, 0) is 47.8 Å². The highest BCUT2D eigenvalue weighted by atomic mass is 16.8. The summed E-state index contributed by atoms with van der Waals surface area (Å²) in [7, 11) is 0. The first-order chi connectivity index (χ1) is 18.0. The third kappa shape index (κ3) is 5.68. The number of hydroxylamine groups is 3. The normalized spacial score (nSPS) is 22.6. The van der Waals surface area contributed by atoms with E-state index in [9.17, 15) is 19.6 Å². The zero-order chi connectivity index (χ0) is 25.8. The number of carbonyl (C=O) groups excluding carboxylic acids is 3. The van der Waals surface area contributed by atoms with Crippen LogP contribution < -0.4 is 5.48 Å². The van der Waals surface area contributed by atoms with Crippen LogP contribution in [0.3, 0.4) is 0 Å². The number of piperidine rings is 1. The van der Waals surface area contributed by atoms with E-state index in [2.05, 4.69) is 0 Å². The molecule has 2 aliphatic heterocycles. The fraction of sp³-hybridized carbons (Fsp3) is 0.393. The summed E-state index contributed by atoms with van der Waals surface area (Å²) in [6, 6.07) is 18.1. The van der Waals surface area contributed by atoms with Gasteiger partial charge in [-0.3, -0.25) is 14.8 Å². The van der Waals surface area contributed by atoms with Crippen molar-refractivity contribution in [3.05, 3.63) is 77.9 Å². The Bertz CT molecular complexity index is 1160. The summed E-state index contributed by atoms with van der Waals surface area (Å²) in [6.45, 7) is 1.21. The van der Waals surface area contributed by atoms with Crippen molar-refractivity contribution in [1.29, 1.82) is 0 Å². The van der Waals surface area contributed by atoms with Gasteiger partial charge in [0.05, 0.1) is 5.92 Å². The molecule has 1 saturated carbocycles. The third-order valence-corrected chi connectivity index (χ3v) is 7.55. The van der Waals surface area contributed by atoms with Gasteiger partial charge in [-0.1, -0.05) is 66.7 Å². The van der Waals surface area contributed by atoms with Gasteiger partial charge in [0.2, 0.25) is 11.8 Å². The smallest absolute Gasteiger partial charge is 0.428 e. The van der Waals surface area contributed by atoms with Crippen molar-refractivity contribution < 1.29 is 29.2 Å². The van der Waals surface area contributed by atoms with Crippen LogP contribution in [-0.4, -0.2) is 58.8 Å². The van der Waals surface area contributed by atoms with Gasteiger partial charge in [-0.2, -0.15) is 0 Å². The third-order valence-electron chi connectivity index (χ3n) is 7.55. The molecular weight excluding hydrogens is 474 g/mol. The van der Waals surface area contributed by atoms with Crippen molar-refractivity contribution in [2.45, 2.75) is 38.3 Å². The van der Waals surface area contributed by atoms with E-state index in [4.69, 9.17) is 9.57 Å². The lowest BCUT2D eigenvalue weighted by atomic mass is 9.80. The van der Waals surface area contributed by atoms with E-state index in [1.54, 1.807) is 10.4 Å². The van der Waals surface area contributed by atoms with Crippen LogP contribution in [0.25, 0.3) is 5.57 Å². The minimum atomic E-state index is -1.06. The molecule has 37 heavy (non-hydrogen) atoms. The number of rotatable bonds is 6. The van der Waals surface area contributed by atoms with Crippen LogP contribution in [0.2, 0.25) is 0 Å². The molecule has 0 aromatic heterocycles. The minimum Gasteiger partial charge on any atom is -0.428 e. The largest absolute Gasteiger partial charge is 0.528 e. The van der Waals surface area contributed by atoms with Crippen LogP contribution in [0.1, 0.15) is 36.8 Å². The molecule has 0 bridgehead atoms. The number of hydrogen-bond acceptors (Lipinski definition) is 7. The van der Waals surface area contributed by atoms with Gasteiger partial charge in [0.1, 0.15) is 12.6 Å². The Morgan fingerprint density at radius 2 is 1.73 bits per heavy atom. The number of ether oxygens (including phenoxy) is 1. The molecule has 2 unspecified atom stereocenters. The van der Waals surface area contributed by atoms with Gasteiger partial charge < -0.3 is 14.5 Å². The summed E-state index contributed by atoms with van der Waals surface area (Å²) in [6.07, 6.45) is 3.90. The molecular formula is C28H31N3O6. The summed E-state index contributed by atoms with van der Waals surface area (Å²) in [4.78, 5) is 46.4. The van der Waals surface area contributed by atoms with E-state index in [1.165, 1.54) is 5.06 Å². The van der Waals surface area contributed by atoms with E-state index >= 15 is 0 Å². The van der Waals surface area contributed by atoms with Gasteiger partial charge >= 0.3 is 6.16 Å². The number of nitrogens with zero attached hydrogens (tertiary/aromatic N) is 2. The van der Waals surface area contributed by atoms with E-state index in [0.717, 1.165) is 29.5 Å². The van der Waals surface area contributed by atoms with Gasteiger partial charge in [-0.15, -0.1) is 5.06 Å². The maximum Gasteiger partial charge on any atom is 0.528 e. The summed E-state index contributed by atoms with van der Waals surface area (Å²) < 4.78 is 5.29. The van der Waals surface area contributed by atoms with Gasteiger partial charge in [-0.25, -0.2) is 10.3 Å². The molecule has 194 valence electrons.